The molecule has 0 aromatic rings. The summed E-state index contributed by atoms with van der Waals surface area (Å²) < 4.78 is 1.01. The van der Waals surface area contributed by atoms with Crippen LogP contribution in [0.3, 0.4) is 0 Å². The zero-order valence-electron chi connectivity index (χ0n) is 8.91. The van der Waals surface area contributed by atoms with E-state index in [-0.39, 0.29) is 0 Å². The van der Waals surface area contributed by atoms with Gasteiger partial charge in [-0.15, -0.1) is 0 Å². The van der Waals surface area contributed by atoms with Gasteiger partial charge in [0.15, 0.2) is 0 Å². The molecule has 0 spiro atoms. The van der Waals surface area contributed by atoms with Crippen LogP contribution < -0.4 is 0 Å². The maximum atomic E-state index is 2.54. The average Bonchev–Trinajstić information content (AvgIpc) is 1.99. The Morgan fingerprint density at radius 3 is 2.18 bits per heavy atom. The molecule has 0 rings (SSSR count). The molecule has 0 nitrogen and oxygen atoms in total. The van der Waals surface area contributed by atoms with Gasteiger partial charge in [0, 0.05) is 0 Å². The van der Waals surface area contributed by atoms with Crippen molar-refractivity contribution in [1.82, 2.24) is 0 Å². The second-order valence-electron chi connectivity index (χ2n) is 4.40. The predicted molar refractivity (Wildman–Crippen MR) is 57.0 cm³/mol. The van der Waals surface area contributed by atoms with Crippen molar-refractivity contribution in [2.24, 2.45) is 0 Å². The van der Waals surface area contributed by atoms with Crippen LogP contribution in [0.1, 0.15) is 33.1 Å². The van der Waals surface area contributed by atoms with Crippen molar-refractivity contribution in [1.29, 1.82) is 0 Å². The molecule has 1 atom stereocenters. The van der Waals surface area contributed by atoms with Gasteiger partial charge in [0.05, 0.1) is 0 Å². The maximum absolute atomic E-state index is 2.54. The van der Waals surface area contributed by atoms with Crippen LogP contribution in [0.2, 0.25) is 23.4 Å². The molecule has 0 aliphatic heterocycles. The van der Waals surface area contributed by atoms with E-state index in [1.54, 1.807) is 0 Å². The van der Waals surface area contributed by atoms with Crippen LogP contribution in [0.5, 0.6) is 0 Å². The first-order valence-corrected chi connectivity index (χ1v) is 8.33. The van der Waals surface area contributed by atoms with Crippen LogP contribution in [0.15, 0.2) is 0 Å². The van der Waals surface area contributed by atoms with E-state index >= 15 is 0 Å². The Balaban J connectivity index is 3.77. The summed E-state index contributed by atoms with van der Waals surface area (Å²) >= 11 is 2.43. The zero-order chi connectivity index (χ0) is 8.91. The molecule has 11 heavy (non-hydrogen) atoms. The molecule has 0 bridgehead atoms. The van der Waals surface area contributed by atoms with E-state index in [9.17, 15) is 0 Å². The van der Waals surface area contributed by atoms with Gasteiger partial charge in [0.2, 0.25) is 0 Å². The van der Waals surface area contributed by atoms with E-state index < -0.39 is 8.07 Å². The quantitative estimate of drug-likeness (QED) is 0.546. The average molecular weight is 164 g/mol. The van der Waals surface area contributed by atoms with Crippen LogP contribution in [0.25, 0.3) is 0 Å². The molecule has 0 fully saturated rings. The summed E-state index contributed by atoms with van der Waals surface area (Å²) in [7, 11) is -0.828. The van der Waals surface area contributed by atoms with E-state index in [4.69, 9.17) is 0 Å². The van der Waals surface area contributed by atoms with Gasteiger partial charge in [0.1, 0.15) is 0 Å². The van der Waals surface area contributed by atoms with Crippen molar-refractivity contribution in [3.8, 4) is 0 Å². The summed E-state index contributed by atoms with van der Waals surface area (Å²) in [5.74, 6) is 0. The van der Waals surface area contributed by atoms with Gasteiger partial charge < -0.3 is 0 Å². The van der Waals surface area contributed by atoms with E-state index in [1.165, 1.54) is 25.3 Å². The molecule has 0 aromatic carbocycles. The monoisotopic (exact) mass is 164 g/mol. The number of rotatable bonds is 5. The topological polar surface area (TPSA) is 0 Å². The first-order valence-electron chi connectivity index (χ1n) is 5.04. The molecule has 0 saturated carbocycles. The van der Waals surface area contributed by atoms with Crippen molar-refractivity contribution in [2.45, 2.75) is 56.5 Å². The summed E-state index contributed by atoms with van der Waals surface area (Å²) in [4.78, 5) is 0. The molecule has 2 heteroatoms. The van der Waals surface area contributed by atoms with Crippen LogP contribution in [0, 0.1) is 0 Å². The van der Waals surface area contributed by atoms with Gasteiger partial charge in [-0.05, 0) is 0 Å². The molecule has 1 unspecified atom stereocenters. The van der Waals surface area contributed by atoms with Crippen molar-refractivity contribution >= 4 is 25.8 Å². The third kappa shape index (κ3) is 4.40. The second kappa shape index (κ2) is 5.46. The summed E-state index contributed by atoms with van der Waals surface area (Å²) in [5, 5.41) is 0. The van der Waals surface area contributed by atoms with Crippen molar-refractivity contribution < 1.29 is 0 Å². The van der Waals surface area contributed by atoms with Crippen LogP contribution >= 0.6 is 0 Å². The molecule has 0 amide bonds. The molecule has 0 N–H and O–H groups in total. The van der Waals surface area contributed by atoms with E-state index in [2.05, 4.69) is 44.7 Å². The predicted octanol–water partition coefficient (Wildman–Crippen LogP) is 3.40. The van der Waals surface area contributed by atoms with Gasteiger partial charge in [-0.1, -0.05) is 0 Å². The molecule has 0 heterocycles. The third-order valence-corrected chi connectivity index (χ3v) is 7.84. The Morgan fingerprint density at radius 1 is 1.27 bits per heavy atom. The van der Waals surface area contributed by atoms with Crippen molar-refractivity contribution in [3.05, 3.63) is 0 Å². The molecule has 62 valence electrons. The molecule has 0 aliphatic carbocycles. The fourth-order valence-corrected chi connectivity index (χ4v) is 4.29. The van der Waals surface area contributed by atoms with Gasteiger partial charge in [0.25, 0.3) is 0 Å². The fraction of sp³-hybridized carbons (Fsp3) is 1.00. The molecular weight excluding hydrogens is 143 g/mol. The number of unbranched alkanes of at least 4 members (excludes halogenated alkanes) is 1. The Hall–Kier alpha value is 0.814. The first-order chi connectivity index (χ1) is 5.04. The summed E-state index contributed by atoms with van der Waals surface area (Å²) in [5.41, 5.74) is 0. The minimum atomic E-state index is -0.828. The van der Waals surface area contributed by atoms with Crippen LogP contribution in [0.4, 0.5) is 0 Å². The molecule has 0 aromatic heterocycles. The normalized spacial score (nSPS) is 15.1. The van der Waals surface area contributed by atoms with Gasteiger partial charge >= 0.3 is 82.3 Å². The van der Waals surface area contributed by atoms with Gasteiger partial charge in [-0.25, -0.2) is 0 Å². The molecular formula is C9H21LiSi. The van der Waals surface area contributed by atoms with Crippen molar-refractivity contribution in [3.63, 3.8) is 0 Å². The molecule has 0 saturated heterocycles. The van der Waals surface area contributed by atoms with Gasteiger partial charge in [-0.3, -0.25) is 0 Å². The summed E-state index contributed by atoms with van der Waals surface area (Å²) in [6.07, 6.45) is 4.19. The number of hydrogen-bond acceptors (Lipinski definition) is 0. The SMILES string of the molecule is [Li][CH](CC)[Si](C)(C)CCCC. The Bertz CT molecular complexity index is 102. The Labute approximate surface area is 82.4 Å². The third-order valence-electron chi connectivity index (χ3n) is 3.12. The van der Waals surface area contributed by atoms with E-state index in [1.807, 2.05) is 0 Å². The first kappa shape index (κ1) is 11.8. The number of hydrogen-bond donors (Lipinski definition) is 0. The Morgan fingerprint density at radius 2 is 1.82 bits per heavy atom. The van der Waals surface area contributed by atoms with E-state index in [0.29, 0.717) is 0 Å². The van der Waals surface area contributed by atoms with Crippen LogP contribution in [-0.4, -0.2) is 25.8 Å². The standard InChI is InChI=1S/C9H21Si.Li/c1-5-7-9-10(3,4)8-6-2;/h8H,5-7,9H2,1-4H3;. The summed E-state index contributed by atoms with van der Waals surface area (Å²) in [6, 6.07) is 1.53. The fourth-order valence-electron chi connectivity index (χ4n) is 1.43. The Kier molecular flexibility index (Phi) is 5.86. The van der Waals surface area contributed by atoms with Crippen LogP contribution in [-0.2, 0) is 0 Å². The van der Waals surface area contributed by atoms with E-state index in [0.717, 1.165) is 4.21 Å². The summed E-state index contributed by atoms with van der Waals surface area (Å²) in [6.45, 7) is 9.69. The van der Waals surface area contributed by atoms with Crippen molar-refractivity contribution in [2.75, 3.05) is 0 Å². The van der Waals surface area contributed by atoms with Gasteiger partial charge in [-0.2, -0.15) is 0 Å². The second-order valence-corrected chi connectivity index (χ2v) is 9.86. The molecule has 0 radical (unpaired) electrons. The zero-order valence-corrected chi connectivity index (χ0v) is 9.91. The minimum absolute atomic E-state index is 0.828. The molecule has 0 aliphatic rings.